The molecule has 0 bridgehead atoms. The number of amides is 1. The maximum atomic E-state index is 12.7. The van der Waals surface area contributed by atoms with Crippen LogP contribution in [0.2, 0.25) is 0 Å². The number of benzene rings is 2. The maximum Gasteiger partial charge on any atom is 0.298 e. The Bertz CT molecular complexity index is 1080. The van der Waals surface area contributed by atoms with Crippen LogP contribution in [0, 0.1) is 5.92 Å². The minimum atomic E-state index is -0.0235. The summed E-state index contributed by atoms with van der Waals surface area (Å²) in [4.78, 5) is 23.2. The molecule has 1 N–H and O–H groups in total. The molecule has 0 spiro atoms. The van der Waals surface area contributed by atoms with Gasteiger partial charge in [0.25, 0.3) is 6.01 Å². The molecular weight excluding hydrogens is 368 g/mol. The normalized spacial score (nSPS) is 15.0. The molecule has 1 aliphatic rings. The number of nitrogens with one attached hydrogen (secondary N) is 1. The fourth-order valence-electron chi connectivity index (χ4n) is 3.65. The molecule has 2 aromatic carbocycles. The number of para-hydroxylation sites is 2. The van der Waals surface area contributed by atoms with Crippen LogP contribution in [-0.4, -0.2) is 29.0 Å². The molecule has 1 amide bonds. The molecular formula is C22H20N4O3. The van der Waals surface area contributed by atoms with Crippen LogP contribution >= 0.6 is 0 Å². The highest BCUT2D eigenvalue weighted by atomic mass is 16.4. The summed E-state index contributed by atoms with van der Waals surface area (Å²) in [6.45, 7) is 1.49. The number of aromatic nitrogens is 2. The van der Waals surface area contributed by atoms with Crippen molar-refractivity contribution in [3.63, 3.8) is 0 Å². The third-order valence-corrected chi connectivity index (χ3v) is 5.29. The highest BCUT2D eigenvalue weighted by molar-refractivity contribution is 5.93. The van der Waals surface area contributed by atoms with Crippen molar-refractivity contribution in [2.24, 2.45) is 5.92 Å². The molecule has 1 saturated heterocycles. The predicted octanol–water partition coefficient (Wildman–Crippen LogP) is 4.34. The molecule has 146 valence electrons. The summed E-state index contributed by atoms with van der Waals surface area (Å²) in [5, 5.41) is 3.02. The summed E-state index contributed by atoms with van der Waals surface area (Å²) in [7, 11) is 0. The zero-order valence-corrected chi connectivity index (χ0v) is 15.7. The molecule has 3 heterocycles. The molecule has 0 radical (unpaired) electrons. The van der Waals surface area contributed by atoms with E-state index in [2.05, 4.69) is 20.2 Å². The maximum absolute atomic E-state index is 12.7. The van der Waals surface area contributed by atoms with Gasteiger partial charge in [0, 0.05) is 30.3 Å². The number of anilines is 2. The molecule has 7 nitrogen and oxygen atoms in total. The Morgan fingerprint density at radius 3 is 2.59 bits per heavy atom. The summed E-state index contributed by atoms with van der Waals surface area (Å²) >= 11 is 0. The van der Waals surface area contributed by atoms with Gasteiger partial charge in [-0.1, -0.05) is 12.1 Å². The number of piperidine rings is 1. The monoisotopic (exact) mass is 388 g/mol. The van der Waals surface area contributed by atoms with E-state index in [1.807, 2.05) is 48.5 Å². The molecule has 5 rings (SSSR count). The van der Waals surface area contributed by atoms with E-state index in [1.54, 1.807) is 6.20 Å². The molecule has 2 aromatic heterocycles. The number of carbonyl (C=O) groups is 1. The lowest BCUT2D eigenvalue weighted by molar-refractivity contribution is -0.120. The molecule has 1 aliphatic heterocycles. The zero-order chi connectivity index (χ0) is 19.6. The van der Waals surface area contributed by atoms with Gasteiger partial charge in [-0.25, -0.2) is 4.98 Å². The van der Waals surface area contributed by atoms with Crippen LogP contribution in [0.3, 0.4) is 0 Å². The van der Waals surface area contributed by atoms with Crippen LogP contribution in [0.4, 0.5) is 11.7 Å². The number of hydrogen-bond acceptors (Lipinski definition) is 6. The number of carbonyl (C=O) groups excluding carboxylic acids is 1. The number of rotatable bonds is 4. The summed E-state index contributed by atoms with van der Waals surface area (Å²) in [6.07, 6.45) is 4.60. The highest BCUT2D eigenvalue weighted by Crippen LogP contribution is 2.27. The Morgan fingerprint density at radius 2 is 1.86 bits per heavy atom. The van der Waals surface area contributed by atoms with Gasteiger partial charge in [-0.2, -0.15) is 4.98 Å². The van der Waals surface area contributed by atoms with Gasteiger partial charge in [0.2, 0.25) is 5.91 Å². The van der Waals surface area contributed by atoms with Crippen molar-refractivity contribution >= 4 is 28.7 Å². The minimum Gasteiger partial charge on any atom is -0.444 e. The zero-order valence-electron chi connectivity index (χ0n) is 15.7. The van der Waals surface area contributed by atoms with Crippen molar-refractivity contribution in [3.8, 4) is 11.3 Å². The topological polar surface area (TPSA) is 84.4 Å². The van der Waals surface area contributed by atoms with Gasteiger partial charge >= 0.3 is 0 Å². The first-order valence-electron chi connectivity index (χ1n) is 9.66. The molecule has 0 atom stereocenters. The molecule has 4 aromatic rings. The average molecular weight is 388 g/mol. The lowest BCUT2D eigenvalue weighted by Gasteiger charge is -2.30. The smallest absolute Gasteiger partial charge is 0.298 e. The highest BCUT2D eigenvalue weighted by Gasteiger charge is 2.27. The van der Waals surface area contributed by atoms with Crippen LogP contribution in [0.5, 0.6) is 0 Å². The van der Waals surface area contributed by atoms with Crippen molar-refractivity contribution in [2.45, 2.75) is 12.8 Å². The second-order valence-electron chi connectivity index (χ2n) is 7.16. The third kappa shape index (κ3) is 3.59. The van der Waals surface area contributed by atoms with E-state index in [9.17, 15) is 4.79 Å². The Hall–Kier alpha value is -3.61. The van der Waals surface area contributed by atoms with E-state index < -0.39 is 0 Å². The second-order valence-corrected chi connectivity index (χ2v) is 7.16. The SMILES string of the molecule is O=C(Nc1ccc(-c2cnco2)cc1)C1CCN(c2nc3ccccc3o2)CC1. The van der Waals surface area contributed by atoms with Gasteiger partial charge < -0.3 is 19.1 Å². The van der Waals surface area contributed by atoms with E-state index in [0.29, 0.717) is 11.8 Å². The largest absolute Gasteiger partial charge is 0.444 e. The fourth-order valence-corrected chi connectivity index (χ4v) is 3.65. The van der Waals surface area contributed by atoms with Gasteiger partial charge in [-0.15, -0.1) is 0 Å². The minimum absolute atomic E-state index is 0.0235. The van der Waals surface area contributed by atoms with E-state index in [4.69, 9.17) is 8.83 Å². The molecule has 29 heavy (non-hydrogen) atoms. The summed E-state index contributed by atoms with van der Waals surface area (Å²) in [5.41, 5.74) is 3.35. The second kappa shape index (κ2) is 7.43. The molecule has 0 saturated carbocycles. The lowest BCUT2D eigenvalue weighted by atomic mass is 9.96. The van der Waals surface area contributed by atoms with E-state index in [1.165, 1.54) is 6.39 Å². The van der Waals surface area contributed by atoms with Crippen LogP contribution in [0.25, 0.3) is 22.4 Å². The Morgan fingerprint density at radius 1 is 1.07 bits per heavy atom. The van der Waals surface area contributed by atoms with Crippen LogP contribution in [0.1, 0.15) is 12.8 Å². The molecule has 0 aliphatic carbocycles. The van der Waals surface area contributed by atoms with Gasteiger partial charge in [0.15, 0.2) is 17.7 Å². The van der Waals surface area contributed by atoms with Crippen molar-refractivity contribution in [3.05, 3.63) is 61.1 Å². The number of oxazole rings is 2. The molecule has 0 unspecified atom stereocenters. The van der Waals surface area contributed by atoms with Gasteiger partial charge in [-0.3, -0.25) is 4.79 Å². The predicted molar refractivity (Wildman–Crippen MR) is 110 cm³/mol. The van der Waals surface area contributed by atoms with Gasteiger partial charge in [-0.05, 0) is 49.2 Å². The van der Waals surface area contributed by atoms with E-state index in [0.717, 1.165) is 48.3 Å². The van der Waals surface area contributed by atoms with Crippen molar-refractivity contribution in [1.29, 1.82) is 0 Å². The summed E-state index contributed by atoms with van der Waals surface area (Å²) < 4.78 is 11.1. The lowest BCUT2D eigenvalue weighted by Crippen LogP contribution is -2.38. The van der Waals surface area contributed by atoms with Crippen molar-refractivity contribution < 1.29 is 13.6 Å². The Balaban J connectivity index is 1.19. The van der Waals surface area contributed by atoms with E-state index >= 15 is 0 Å². The van der Waals surface area contributed by atoms with Crippen molar-refractivity contribution in [1.82, 2.24) is 9.97 Å². The number of fused-ring (bicyclic) bond motifs is 1. The summed E-state index contributed by atoms with van der Waals surface area (Å²) in [5.74, 6) is 0.730. The van der Waals surface area contributed by atoms with Gasteiger partial charge in [0.1, 0.15) is 5.52 Å². The first kappa shape index (κ1) is 17.5. The summed E-state index contributed by atoms with van der Waals surface area (Å²) in [6, 6.07) is 15.9. The van der Waals surface area contributed by atoms with Crippen LogP contribution < -0.4 is 10.2 Å². The van der Waals surface area contributed by atoms with Gasteiger partial charge in [0.05, 0.1) is 6.20 Å². The third-order valence-electron chi connectivity index (χ3n) is 5.29. The Kier molecular flexibility index (Phi) is 4.48. The van der Waals surface area contributed by atoms with Crippen LogP contribution in [0.15, 0.2) is 70.0 Å². The first-order chi connectivity index (χ1) is 14.3. The van der Waals surface area contributed by atoms with E-state index in [-0.39, 0.29) is 11.8 Å². The quantitative estimate of drug-likeness (QED) is 0.560. The molecule has 7 heteroatoms. The van der Waals surface area contributed by atoms with Crippen LogP contribution in [-0.2, 0) is 4.79 Å². The number of nitrogens with zero attached hydrogens (tertiary/aromatic N) is 3. The number of hydrogen-bond donors (Lipinski definition) is 1. The standard InChI is InChI=1S/C22H20N4O3/c27-21(24-17-7-5-15(6-8-17)20-13-23-14-28-20)16-9-11-26(12-10-16)22-25-18-3-1-2-4-19(18)29-22/h1-8,13-14,16H,9-12H2,(H,24,27). The average Bonchev–Trinajstić information content (AvgIpc) is 3.44. The van der Waals surface area contributed by atoms with Crippen molar-refractivity contribution in [2.75, 3.05) is 23.3 Å². The Labute approximate surface area is 167 Å². The first-order valence-corrected chi connectivity index (χ1v) is 9.66. The molecule has 1 fully saturated rings. The fraction of sp³-hybridized carbons (Fsp3) is 0.227.